The van der Waals surface area contributed by atoms with Gasteiger partial charge in [-0.15, -0.1) is 0 Å². The van der Waals surface area contributed by atoms with Crippen LogP contribution in [0.1, 0.15) is 12.8 Å². The van der Waals surface area contributed by atoms with Crippen LogP contribution in [0.25, 0.3) is 0 Å². The molecule has 1 aromatic rings. The van der Waals surface area contributed by atoms with E-state index in [9.17, 15) is 4.39 Å². The zero-order chi connectivity index (χ0) is 9.97. The van der Waals surface area contributed by atoms with Crippen LogP contribution in [0, 0.1) is 5.82 Å². The van der Waals surface area contributed by atoms with Crippen LogP contribution in [-0.4, -0.2) is 22.9 Å². The molecule has 1 aromatic heterocycles. The largest absolute Gasteiger partial charge is 0.350 e. The maximum Gasteiger partial charge on any atom is 0.165 e. The van der Waals surface area contributed by atoms with Crippen molar-refractivity contribution in [2.45, 2.75) is 18.9 Å². The number of hydrogen-bond acceptors (Lipinski definition) is 2. The number of nitrogens with zero attached hydrogens (tertiary/aromatic N) is 2. The Balaban J connectivity index is 2.26. The third-order valence-corrected chi connectivity index (χ3v) is 3.31. The molecule has 1 unspecified atom stereocenters. The summed E-state index contributed by atoms with van der Waals surface area (Å²) < 4.78 is 13.4. The first-order valence-corrected chi connectivity index (χ1v) is 5.88. The molecule has 4 heteroatoms. The van der Waals surface area contributed by atoms with Crippen LogP contribution in [0.5, 0.6) is 0 Å². The first-order chi connectivity index (χ1) is 6.83. The molecule has 2 nitrogen and oxygen atoms in total. The summed E-state index contributed by atoms with van der Waals surface area (Å²) in [6, 6.07) is 3.48. The monoisotopic (exact) mass is 258 g/mol. The van der Waals surface area contributed by atoms with Gasteiger partial charge in [-0.05, 0) is 25.0 Å². The Morgan fingerprint density at radius 2 is 2.50 bits per heavy atom. The fourth-order valence-electron chi connectivity index (χ4n) is 1.86. The maximum atomic E-state index is 13.4. The lowest BCUT2D eigenvalue weighted by molar-refractivity contribution is 0.606. The van der Waals surface area contributed by atoms with Crippen molar-refractivity contribution >= 4 is 21.7 Å². The minimum Gasteiger partial charge on any atom is -0.350 e. The Morgan fingerprint density at radius 1 is 1.64 bits per heavy atom. The van der Waals surface area contributed by atoms with Gasteiger partial charge in [-0.3, -0.25) is 0 Å². The molecule has 0 saturated carbocycles. The fourth-order valence-corrected chi connectivity index (χ4v) is 2.54. The lowest BCUT2D eigenvalue weighted by Crippen LogP contribution is -2.31. The third kappa shape index (κ3) is 1.75. The molecule has 76 valence electrons. The van der Waals surface area contributed by atoms with Gasteiger partial charge in [0.05, 0.1) is 0 Å². The van der Waals surface area contributed by atoms with E-state index in [0.29, 0.717) is 11.9 Å². The Kier molecular flexibility index (Phi) is 3.01. The van der Waals surface area contributed by atoms with Crippen LogP contribution < -0.4 is 4.90 Å². The van der Waals surface area contributed by atoms with E-state index in [4.69, 9.17) is 0 Å². The van der Waals surface area contributed by atoms with Gasteiger partial charge in [-0.2, -0.15) is 0 Å². The number of hydrogen-bond donors (Lipinski definition) is 0. The van der Waals surface area contributed by atoms with Crippen molar-refractivity contribution in [2.24, 2.45) is 0 Å². The van der Waals surface area contributed by atoms with Crippen LogP contribution in [0.4, 0.5) is 10.2 Å². The van der Waals surface area contributed by atoms with Crippen LogP contribution in [0.3, 0.4) is 0 Å². The zero-order valence-electron chi connectivity index (χ0n) is 7.79. The number of aromatic nitrogens is 1. The smallest absolute Gasteiger partial charge is 0.165 e. The van der Waals surface area contributed by atoms with Gasteiger partial charge in [0.25, 0.3) is 0 Å². The van der Waals surface area contributed by atoms with Gasteiger partial charge in [0.2, 0.25) is 0 Å². The van der Waals surface area contributed by atoms with Crippen molar-refractivity contribution in [3.63, 3.8) is 0 Å². The van der Waals surface area contributed by atoms with Crippen LogP contribution >= 0.6 is 15.9 Å². The molecule has 0 aliphatic carbocycles. The van der Waals surface area contributed by atoms with Crippen molar-refractivity contribution in [3.8, 4) is 0 Å². The molecule has 14 heavy (non-hydrogen) atoms. The highest BCUT2D eigenvalue weighted by atomic mass is 79.9. The molecular weight excluding hydrogens is 247 g/mol. The molecular formula is C10H12BrFN2. The molecule has 2 rings (SSSR count). The summed E-state index contributed by atoms with van der Waals surface area (Å²) in [7, 11) is 0. The second-order valence-electron chi connectivity index (χ2n) is 3.45. The topological polar surface area (TPSA) is 16.1 Å². The van der Waals surface area contributed by atoms with Crippen LogP contribution in [0.2, 0.25) is 0 Å². The molecule has 1 atom stereocenters. The molecule has 0 aromatic carbocycles. The van der Waals surface area contributed by atoms with Gasteiger partial charge in [-0.25, -0.2) is 9.37 Å². The first-order valence-electron chi connectivity index (χ1n) is 4.76. The number of halogens is 2. The second kappa shape index (κ2) is 4.26. The lowest BCUT2D eigenvalue weighted by Gasteiger charge is -2.24. The number of pyridine rings is 1. The van der Waals surface area contributed by atoms with Gasteiger partial charge in [-0.1, -0.05) is 15.9 Å². The average Bonchev–Trinajstić information content (AvgIpc) is 2.66. The van der Waals surface area contributed by atoms with E-state index in [1.807, 2.05) is 4.90 Å². The lowest BCUT2D eigenvalue weighted by atomic mass is 10.2. The van der Waals surface area contributed by atoms with E-state index in [1.165, 1.54) is 6.07 Å². The van der Waals surface area contributed by atoms with Gasteiger partial charge < -0.3 is 4.90 Å². The predicted molar refractivity (Wildman–Crippen MR) is 58.4 cm³/mol. The average molecular weight is 259 g/mol. The van der Waals surface area contributed by atoms with E-state index in [1.54, 1.807) is 12.3 Å². The van der Waals surface area contributed by atoms with Crippen molar-refractivity contribution in [1.29, 1.82) is 0 Å². The Labute approximate surface area is 91.3 Å². The van der Waals surface area contributed by atoms with Crippen molar-refractivity contribution in [1.82, 2.24) is 4.98 Å². The van der Waals surface area contributed by atoms with Crippen LogP contribution in [-0.2, 0) is 0 Å². The molecule has 2 heterocycles. The van der Waals surface area contributed by atoms with Crippen molar-refractivity contribution < 1.29 is 4.39 Å². The highest BCUT2D eigenvalue weighted by Gasteiger charge is 2.26. The number of alkyl halides is 1. The SMILES string of the molecule is Fc1cccnc1N1CCCC1CBr. The molecule has 1 saturated heterocycles. The Bertz CT molecular complexity index is 319. The predicted octanol–water partition coefficient (Wildman–Crippen LogP) is 2.58. The molecule has 0 N–H and O–H groups in total. The summed E-state index contributed by atoms with van der Waals surface area (Å²) in [5.41, 5.74) is 0. The zero-order valence-corrected chi connectivity index (χ0v) is 9.37. The highest BCUT2D eigenvalue weighted by Crippen LogP contribution is 2.26. The summed E-state index contributed by atoms with van der Waals surface area (Å²) >= 11 is 3.45. The van der Waals surface area contributed by atoms with Crippen molar-refractivity contribution in [2.75, 3.05) is 16.8 Å². The molecule has 0 bridgehead atoms. The molecule has 0 spiro atoms. The third-order valence-electron chi connectivity index (χ3n) is 2.57. The van der Waals surface area contributed by atoms with Gasteiger partial charge in [0.15, 0.2) is 11.6 Å². The Morgan fingerprint density at radius 3 is 3.21 bits per heavy atom. The number of rotatable bonds is 2. The molecule has 1 fully saturated rings. The molecule has 1 aliphatic heterocycles. The number of anilines is 1. The van der Waals surface area contributed by atoms with E-state index < -0.39 is 0 Å². The summed E-state index contributed by atoms with van der Waals surface area (Å²) in [6.45, 7) is 0.907. The maximum absolute atomic E-state index is 13.4. The molecule has 0 amide bonds. The highest BCUT2D eigenvalue weighted by molar-refractivity contribution is 9.09. The first kappa shape index (κ1) is 9.90. The van der Waals surface area contributed by atoms with Crippen LogP contribution in [0.15, 0.2) is 18.3 Å². The summed E-state index contributed by atoms with van der Waals surface area (Å²) in [5, 5.41) is 0.878. The van der Waals surface area contributed by atoms with E-state index in [2.05, 4.69) is 20.9 Å². The standard InChI is InChI=1S/C10H12BrFN2/c11-7-8-3-2-6-14(8)10-9(12)4-1-5-13-10/h1,4-5,8H,2-3,6-7H2. The Hall–Kier alpha value is -0.640. The quantitative estimate of drug-likeness (QED) is 0.759. The van der Waals surface area contributed by atoms with Gasteiger partial charge in [0, 0.05) is 24.1 Å². The molecule has 1 aliphatic rings. The van der Waals surface area contributed by atoms with Gasteiger partial charge >= 0.3 is 0 Å². The fraction of sp³-hybridized carbons (Fsp3) is 0.500. The normalized spacial score (nSPS) is 21.6. The minimum atomic E-state index is -0.222. The van der Waals surface area contributed by atoms with E-state index >= 15 is 0 Å². The van der Waals surface area contributed by atoms with Gasteiger partial charge in [0.1, 0.15) is 0 Å². The molecule has 0 radical (unpaired) electrons. The summed E-state index contributed by atoms with van der Waals surface area (Å²) in [4.78, 5) is 6.13. The summed E-state index contributed by atoms with van der Waals surface area (Å²) in [6.07, 6.45) is 3.87. The van der Waals surface area contributed by atoms with E-state index in [0.717, 1.165) is 24.7 Å². The summed E-state index contributed by atoms with van der Waals surface area (Å²) in [5.74, 6) is 0.273. The minimum absolute atomic E-state index is 0.222. The van der Waals surface area contributed by atoms with Crippen molar-refractivity contribution in [3.05, 3.63) is 24.1 Å². The second-order valence-corrected chi connectivity index (χ2v) is 4.10. The van der Waals surface area contributed by atoms with E-state index in [-0.39, 0.29) is 5.82 Å².